The molecule has 0 radical (unpaired) electrons. The maximum Gasteiger partial charge on any atom is 0.235 e. The van der Waals surface area contributed by atoms with Crippen LogP contribution in [0.3, 0.4) is 0 Å². The van der Waals surface area contributed by atoms with E-state index in [1.807, 2.05) is 24.3 Å². The molecule has 0 heterocycles. The summed E-state index contributed by atoms with van der Waals surface area (Å²) >= 11 is 8.04. The number of carbonyl (C=O) groups is 1. The van der Waals surface area contributed by atoms with Crippen molar-refractivity contribution in [2.24, 2.45) is 11.7 Å². The third kappa shape index (κ3) is 3.92. The number of benzene rings is 1. The topological polar surface area (TPSA) is 63.3 Å². The zero-order chi connectivity index (χ0) is 12.1. The molecule has 0 bridgehead atoms. The number of primary amides is 1. The molecule has 1 aromatic rings. The van der Waals surface area contributed by atoms with Crippen LogP contribution >= 0.6 is 34.2 Å². The molecule has 16 heavy (non-hydrogen) atoms. The van der Waals surface area contributed by atoms with Crippen molar-refractivity contribution in [1.82, 2.24) is 0 Å². The van der Waals surface area contributed by atoms with E-state index in [4.69, 9.17) is 17.3 Å². The van der Waals surface area contributed by atoms with Gasteiger partial charge in [0.05, 0.1) is 0 Å². The maximum absolute atomic E-state index is 10.9. The van der Waals surface area contributed by atoms with Crippen LogP contribution < -0.4 is 5.73 Å². The SMILES string of the molecule is NC(=O)C(Cl)[C@H](CO)Cc1cccc(I)c1. The Labute approximate surface area is 113 Å². The molecule has 1 aromatic carbocycles. The first-order valence-electron chi connectivity index (χ1n) is 4.83. The monoisotopic (exact) mass is 353 g/mol. The third-order valence-corrected chi connectivity index (χ3v) is 3.55. The van der Waals surface area contributed by atoms with Crippen LogP contribution in [0.25, 0.3) is 0 Å². The van der Waals surface area contributed by atoms with Crippen LogP contribution in [0.5, 0.6) is 0 Å². The number of amides is 1. The average Bonchev–Trinajstić information content (AvgIpc) is 2.25. The van der Waals surface area contributed by atoms with Gasteiger partial charge in [-0.2, -0.15) is 0 Å². The molecule has 0 saturated heterocycles. The summed E-state index contributed by atoms with van der Waals surface area (Å²) < 4.78 is 1.11. The number of aliphatic hydroxyl groups excluding tert-OH is 1. The van der Waals surface area contributed by atoms with Crippen molar-refractivity contribution in [2.45, 2.75) is 11.8 Å². The van der Waals surface area contributed by atoms with Crippen LogP contribution in [0.4, 0.5) is 0 Å². The van der Waals surface area contributed by atoms with Gasteiger partial charge >= 0.3 is 0 Å². The highest BCUT2D eigenvalue weighted by Gasteiger charge is 2.23. The van der Waals surface area contributed by atoms with Gasteiger partial charge in [0, 0.05) is 16.1 Å². The van der Waals surface area contributed by atoms with Gasteiger partial charge in [-0.15, -0.1) is 11.6 Å². The lowest BCUT2D eigenvalue weighted by molar-refractivity contribution is -0.118. The van der Waals surface area contributed by atoms with Crippen LogP contribution in [0.15, 0.2) is 24.3 Å². The molecule has 0 aliphatic carbocycles. The fourth-order valence-electron chi connectivity index (χ4n) is 1.46. The van der Waals surface area contributed by atoms with Crippen LogP contribution in [0.1, 0.15) is 5.56 Å². The van der Waals surface area contributed by atoms with E-state index >= 15 is 0 Å². The van der Waals surface area contributed by atoms with Crippen molar-refractivity contribution >= 4 is 40.1 Å². The fourth-order valence-corrected chi connectivity index (χ4v) is 2.24. The van der Waals surface area contributed by atoms with Crippen molar-refractivity contribution < 1.29 is 9.90 Å². The van der Waals surface area contributed by atoms with E-state index in [1.54, 1.807) is 0 Å². The fraction of sp³-hybridized carbons (Fsp3) is 0.364. The number of aliphatic hydroxyl groups is 1. The van der Waals surface area contributed by atoms with E-state index in [0.717, 1.165) is 9.13 Å². The molecule has 1 amide bonds. The largest absolute Gasteiger partial charge is 0.396 e. The predicted molar refractivity (Wildman–Crippen MR) is 72.3 cm³/mol. The van der Waals surface area contributed by atoms with Crippen LogP contribution in [-0.2, 0) is 11.2 Å². The maximum atomic E-state index is 10.9. The van der Waals surface area contributed by atoms with E-state index in [9.17, 15) is 9.90 Å². The Kier molecular flexibility index (Phi) is 5.51. The van der Waals surface area contributed by atoms with Crippen molar-refractivity contribution in [2.75, 3.05) is 6.61 Å². The lowest BCUT2D eigenvalue weighted by Crippen LogP contribution is -2.34. The number of carbonyl (C=O) groups excluding carboxylic acids is 1. The van der Waals surface area contributed by atoms with Crippen molar-refractivity contribution in [3.05, 3.63) is 33.4 Å². The van der Waals surface area contributed by atoms with E-state index in [-0.39, 0.29) is 12.5 Å². The van der Waals surface area contributed by atoms with Gasteiger partial charge < -0.3 is 10.8 Å². The molecule has 0 aliphatic rings. The number of rotatable bonds is 5. The van der Waals surface area contributed by atoms with Crippen LogP contribution in [0.2, 0.25) is 0 Å². The number of hydrogen-bond acceptors (Lipinski definition) is 2. The predicted octanol–water partition coefficient (Wildman–Crippen LogP) is 1.53. The summed E-state index contributed by atoms with van der Waals surface area (Å²) in [5, 5.41) is 8.35. The Hall–Kier alpha value is -0.330. The molecule has 5 heteroatoms. The zero-order valence-electron chi connectivity index (χ0n) is 8.57. The number of halogens is 2. The van der Waals surface area contributed by atoms with Crippen molar-refractivity contribution in [3.63, 3.8) is 0 Å². The molecule has 0 spiro atoms. The standard InChI is InChI=1S/C11H13ClINO2/c12-10(11(14)16)8(6-15)4-7-2-1-3-9(13)5-7/h1-3,5,8,10,15H,4,6H2,(H2,14,16)/t8-,10?/m0/s1. The number of nitrogens with two attached hydrogens (primary N) is 1. The van der Waals surface area contributed by atoms with E-state index in [2.05, 4.69) is 22.6 Å². The molecule has 0 saturated carbocycles. The van der Waals surface area contributed by atoms with Gasteiger partial charge in [0.2, 0.25) is 5.91 Å². The Morgan fingerprint density at radius 1 is 1.56 bits per heavy atom. The Bertz CT molecular complexity index is 373. The summed E-state index contributed by atoms with van der Waals surface area (Å²) in [5.41, 5.74) is 6.15. The zero-order valence-corrected chi connectivity index (χ0v) is 11.5. The molecule has 0 fully saturated rings. The van der Waals surface area contributed by atoms with Gasteiger partial charge in [-0.05, 0) is 46.7 Å². The molecule has 2 atom stereocenters. The molecular weight excluding hydrogens is 340 g/mol. The number of alkyl halides is 1. The Morgan fingerprint density at radius 3 is 2.75 bits per heavy atom. The van der Waals surface area contributed by atoms with Gasteiger partial charge in [0.1, 0.15) is 5.38 Å². The third-order valence-electron chi connectivity index (χ3n) is 2.31. The average molecular weight is 354 g/mol. The first-order valence-corrected chi connectivity index (χ1v) is 6.34. The molecule has 3 nitrogen and oxygen atoms in total. The first-order chi connectivity index (χ1) is 7.54. The second kappa shape index (κ2) is 6.42. The van der Waals surface area contributed by atoms with Gasteiger partial charge in [-0.1, -0.05) is 12.1 Å². The van der Waals surface area contributed by atoms with Gasteiger partial charge in [0.15, 0.2) is 0 Å². The van der Waals surface area contributed by atoms with Gasteiger partial charge in [-0.3, -0.25) is 4.79 Å². The second-order valence-corrected chi connectivity index (χ2v) is 5.30. The van der Waals surface area contributed by atoms with Gasteiger partial charge in [-0.25, -0.2) is 0 Å². The Balaban J connectivity index is 2.74. The normalized spacial score (nSPS) is 14.4. The van der Waals surface area contributed by atoms with E-state index in [1.165, 1.54) is 0 Å². The molecule has 0 aromatic heterocycles. The highest BCUT2D eigenvalue weighted by Crippen LogP contribution is 2.18. The lowest BCUT2D eigenvalue weighted by atomic mass is 9.96. The molecule has 88 valence electrons. The van der Waals surface area contributed by atoms with E-state index < -0.39 is 11.3 Å². The summed E-state index contributed by atoms with van der Waals surface area (Å²) in [4.78, 5) is 10.9. The molecule has 1 unspecified atom stereocenters. The Morgan fingerprint density at radius 2 is 2.25 bits per heavy atom. The van der Waals surface area contributed by atoms with Gasteiger partial charge in [0.25, 0.3) is 0 Å². The quantitative estimate of drug-likeness (QED) is 0.623. The minimum atomic E-state index is -0.831. The highest BCUT2D eigenvalue weighted by molar-refractivity contribution is 14.1. The van der Waals surface area contributed by atoms with Crippen molar-refractivity contribution in [3.8, 4) is 0 Å². The molecule has 3 N–H and O–H groups in total. The van der Waals surface area contributed by atoms with Crippen molar-refractivity contribution in [1.29, 1.82) is 0 Å². The number of hydrogen-bond donors (Lipinski definition) is 2. The minimum Gasteiger partial charge on any atom is -0.396 e. The minimum absolute atomic E-state index is 0.150. The molecular formula is C11H13ClINO2. The van der Waals surface area contributed by atoms with Crippen LogP contribution in [0, 0.1) is 9.49 Å². The molecule has 0 aliphatic heterocycles. The summed E-state index contributed by atoms with van der Waals surface area (Å²) in [7, 11) is 0. The highest BCUT2D eigenvalue weighted by atomic mass is 127. The first kappa shape index (κ1) is 13.7. The van der Waals surface area contributed by atoms with E-state index in [0.29, 0.717) is 6.42 Å². The van der Waals surface area contributed by atoms with Crippen LogP contribution in [-0.4, -0.2) is 23.0 Å². The summed E-state index contributed by atoms with van der Waals surface area (Å²) in [6, 6.07) is 7.84. The summed E-state index contributed by atoms with van der Waals surface area (Å²) in [6.07, 6.45) is 0.546. The second-order valence-electron chi connectivity index (χ2n) is 3.58. The summed E-state index contributed by atoms with van der Waals surface area (Å²) in [5.74, 6) is -0.927. The molecule has 1 rings (SSSR count). The lowest BCUT2D eigenvalue weighted by Gasteiger charge is -2.17. The smallest absolute Gasteiger partial charge is 0.235 e. The summed E-state index contributed by atoms with van der Waals surface area (Å²) in [6.45, 7) is -0.150.